The molecule has 1 fully saturated rings. The Bertz CT molecular complexity index is 403. The molecule has 1 aromatic carbocycles. The van der Waals surface area contributed by atoms with Crippen LogP contribution in [-0.2, 0) is 11.3 Å². The maximum absolute atomic E-state index is 5.59. The first-order valence-corrected chi connectivity index (χ1v) is 8.22. The van der Waals surface area contributed by atoms with E-state index in [-0.39, 0.29) is 12.4 Å². The fourth-order valence-corrected chi connectivity index (χ4v) is 3.69. The maximum atomic E-state index is 5.59. The van der Waals surface area contributed by atoms with Crippen molar-refractivity contribution in [1.29, 1.82) is 0 Å². The molecule has 1 heterocycles. The first-order chi connectivity index (χ1) is 9.20. The smallest absolute Gasteiger partial charge is 0.147 e. The molecule has 1 atom stereocenters. The van der Waals surface area contributed by atoms with E-state index in [1.807, 2.05) is 6.92 Å². The zero-order chi connectivity index (χ0) is 13.7. The lowest BCUT2D eigenvalue weighted by Gasteiger charge is -2.13. The number of hydrogen-bond acceptors (Lipinski definition) is 3. The van der Waals surface area contributed by atoms with E-state index < -0.39 is 0 Å². The molecular formula is C14H20Br2ClNO2. The van der Waals surface area contributed by atoms with Crippen LogP contribution in [0.25, 0.3) is 0 Å². The molecule has 0 saturated carbocycles. The van der Waals surface area contributed by atoms with Crippen LogP contribution in [0.5, 0.6) is 5.75 Å². The van der Waals surface area contributed by atoms with Crippen LogP contribution in [-0.4, -0.2) is 25.9 Å². The topological polar surface area (TPSA) is 30.5 Å². The van der Waals surface area contributed by atoms with Gasteiger partial charge in [0.1, 0.15) is 5.75 Å². The van der Waals surface area contributed by atoms with Gasteiger partial charge in [-0.15, -0.1) is 12.4 Å². The second-order valence-electron chi connectivity index (χ2n) is 4.59. The molecule has 0 bridgehead atoms. The molecule has 0 spiro atoms. The van der Waals surface area contributed by atoms with E-state index in [1.165, 1.54) is 18.4 Å². The molecule has 1 aliphatic rings. The summed E-state index contributed by atoms with van der Waals surface area (Å²) in [5, 5.41) is 3.44. The highest BCUT2D eigenvalue weighted by atomic mass is 79.9. The van der Waals surface area contributed by atoms with Gasteiger partial charge in [-0.25, -0.2) is 0 Å². The highest BCUT2D eigenvalue weighted by Crippen LogP contribution is 2.34. The third kappa shape index (κ3) is 5.19. The number of halogens is 3. The van der Waals surface area contributed by atoms with Gasteiger partial charge >= 0.3 is 0 Å². The van der Waals surface area contributed by atoms with Gasteiger partial charge in [0.05, 0.1) is 21.7 Å². The monoisotopic (exact) mass is 427 g/mol. The zero-order valence-electron chi connectivity index (χ0n) is 11.5. The van der Waals surface area contributed by atoms with E-state index in [0.29, 0.717) is 12.7 Å². The quantitative estimate of drug-likeness (QED) is 0.731. The Balaban J connectivity index is 0.00000200. The summed E-state index contributed by atoms with van der Waals surface area (Å²) < 4.78 is 13.1. The third-order valence-electron chi connectivity index (χ3n) is 3.07. The zero-order valence-corrected chi connectivity index (χ0v) is 15.4. The Labute approximate surface area is 143 Å². The predicted molar refractivity (Wildman–Crippen MR) is 90.9 cm³/mol. The number of ether oxygens (including phenoxy) is 2. The van der Waals surface area contributed by atoms with Crippen molar-refractivity contribution in [2.75, 3.05) is 19.8 Å². The van der Waals surface area contributed by atoms with Crippen molar-refractivity contribution in [2.24, 2.45) is 0 Å². The molecule has 1 aromatic rings. The molecule has 20 heavy (non-hydrogen) atoms. The van der Waals surface area contributed by atoms with Crippen molar-refractivity contribution in [2.45, 2.75) is 32.4 Å². The van der Waals surface area contributed by atoms with Gasteiger partial charge in [-0.1, -0.05) is 0 Å². The molecule has 1 N–H and O–H groups in total. The van der Waals surface area contributed by atoms with Crippen LogP contribution in [0.1, 0.15) is 25.3 Å². The summed E-state index contributed by atoms with van der Waals surface area (Å²) in [5.41, 5.74) is 1.22. The summed E-state index contributed by atoms with van der Waals surface area (Å²) >= 11 is 7.10. The Kier molecular flexibility index (Phi) is 8.44. The lowest BCUT2D eigenvalue weighted by Crippen LogP contribution is -2.25. The molecule has 114 valence electrons. The van der Waals surface area contributed by atoms with Crippen molar-refractivity contribution in [3.63, 3.8) is 0 Å². The van der Waals surface area contributed by atoms with Gasteiger partial charge in [0.15, 0.2) is 0 Å². The van der Waals surface area contributed by atoms with E-state index in [2.05, 4.69) is 49.3 Å². The van der Waals surface area contributed by atoms with Gasteiger partial charge < -0.3 is 14.8 Å². The van der Waals surface area contributed by atoms with Crippen molar-refractivity contribution in [1.82, 2.24) is 5.32 Å². The van der Waals surface area contributed by atoms with Crippen LogP contribution in [0.2, 0.25) is 0 Å². The molecule has 0 aliphatic carbocycles. The summed E-state index contributed by atoms with van der Waals surface area (Å²) in [6, 6.07) is 4.19. The second kappa shape index (κ2) is 9.26. The van der Waals surface area contributed by atoms with E-state index in [4.69, 9.17) is 9.47 Å². The second-order valence-corrected chi connectivity index (χ2v) is 6.30. The molecule has 6 heteroatoms. The molecule has 1 aliphatic heterocycles. The molecular weight excluding hydrogens is 409 g/mol. The Hall–Kier alpha value is 0.190. The highest BCUT2D eigenvalue weighted by Gasteiger charge is 2.15. The van der Waals surface area contributed by atoms with Crippen LogP contribution in [0.4, 0.5) is 0 Å². The molecule has 0 amide bonds. The third-order valence-corrected chi connectivity index (χ3v) is 4.25. The van der Waals surface area contributed by atoms with Gasteiger partial charge in [-0.05, 0) is 69.3 Å². The fourth-order valence-electron chi connectivity index (χ4n) is 2.18. The van der Waals surface area contributed by atoms with Crippen LogP contribution in [0, 0.1) is 0 Å². The van der Waals surface area contributed by atoms with Crippen LogP contribution in [0.15, 0.2) is 21.1 Å². The number of benzene rings is 1. The normalized spacial score (nSPS) is 17.9. The summed E-state index contributed by atoms with van der Waals surface area (Å²) in [5.74, 6) is 0.866. The van der Waals surface area contributed by atoms with Crippen LogP contribution >= 0.6 is 44.3 Å². The molecule has 3 nitrogen and oxygen atoms in total. The lowest BCUT2D eigenvalue weighted by atomic mass is 10.2. The number of nitrogens with one attached hydrogen (secondary N) is 1. The SMILES string of the molecule is CCOc1c(Br)cc(CNCC2CCCO2)cc1Br.Cl. The fraction of sp³-hybridized carbons (Fsp3) is 0.571. The van der Waals surface area contributed by atoms with Crippen molar-refractivity contribution < 1.29 is 9.47 Å². The molecule has 1 saturated heterocycles. The molecule has 0 aromatic heterocycles. The Morgan fingerprint density at radius 2 is 2.05 bits per heavy atom. The summed E-state index contributed by atoms with van der Waals surface area (Å²) in [7, 11) is 0. The number of hydrogen-bond donors (Lipinski definition) is 1. The average molecular weight is 430 g/mol. The van der Waals surface area contributed by atoms with Crippen molar-refractivity contribution >= 4 is 44.3 Å². The first-order valence-electron chi connectivity index (χ1n) is 6.63. The minimum Gasteiger partial charge on any atom is -0.492 e. The highest BCUT2D eigenvalue weighted by molar-refractivity contribution is 9.11. The predicted octanol–water partition coefficient (Wildman–Crippen LogP) is 4.30. The van der Waals surface area contributed by atoms with E-state index in [0.717, 1.165) is 34.4 Å². The minimum absolute atomic E-state index is 0. The minimum atomic E-state index is 0. The molecule has 1 unspecified atom stereocenters. The summed E-state index contributed by atoms with van der Waals surface area (Å²) in [6.07, 6.45) is 2.74. The Morgan fingerprint density at radius 3 is 2.60 bits per heavy atom. The van der Waals surface area contributed by atoms with Crippen molar-refractivity contribution in [3.8, 4) is 5.75 Å². The summed E-state index contributed by atoms with van der Waals surface area (Å²) in [6.45, 7) is 5.31. The Morgan fingerprint density at radius 1 is 1.35 bits per heavy atom. The standard InChI is InChI=1S/C14H19Br2NO2.ClH/c1-2-18-14-12(15)6-10(7-13(14)16)8-17-9-11-4-3-5-19-11;/h6-7,11,17H,2-5,8-9H2,1H3;1H. The van der Waals surface area contributed by atoms with Gasteiger partial charge in [-0.3, -0.25) is 0 Å². The van der Waals surface area contributed by atoms with Crippen LogP contribution < -0.4 is 10.1 Å². The van der Waals surface area contributed by atoms with E-state index in [1.54, 1.807) is 0 Å². The van der Waals surface area contributed by atoms with Crippen LogP contribution in [0.3, 0.4) is 0 Å². The molecule has 0 radical (unpaired) electrons. The average Bonchev–Trinajstić information content (AvgIpc) is 2.87. The number of rotatable bonds is 6. The maximum Gasteiger partial charge on any atom is 0.147 e. The van der Waals surface area contributed by atoms with Gasteiger partial charge in [0.25, 0.3) is 0 Å². The van der Waals surface area contributed by atoms with E-state index in [9.17, 15) is 0 Å². The van der Waals surface area contributed by atoms with Gasteiger partial charge in [-0.2, -0.15) is 0 Å². The van der Waals surface area contributed by atoms with Gasteiger partial charge in [0, 0.05) is 19.7 Å². The largest absolute Gasteiger partial charge is 0.492 e. The molecule has 2 rings (SSSR count). The van der Waals surface area contributed by atoms with Gasteiger partial charge in [0.2, 0.25) is 0 Å². The van der Waals surface area contributed by atoms with Crippen molar-refractivity contribution in [3.05, 3.63) is 26.6 Å². The first kappa shape index (κ1) is 18.2. The van der Waals surface area contributed by atoms with E-state index >= 15 is 0 Å². The summed E-state index contributed by atoms with van der Waals surface area (Å²) in [4.78, 5) is 0. The lowest BCUT2D eigenvalue weighted by molar-refractivity contribution is 0.110.